The van der Waals surface area contributed by atoms with Crippen LogP contribution < -0.4 is 0 Å². The maximum atomic E-state index is 11.7. The molecule has 3 heteroatoms. The molecule has 2 aliphatic carbocycles. The fourth-order valence-electron chi connectivity index (χ4n) is 4.18. The predicted octanol–water partition coefficient (Wildman–Crippen LogP) is 3.58. The van der Waals surface area contributed by atoms with Crippen LogP contribution in [0.5, 0.6) is 0 Å². The van der Waals surface area contributed by atoms with Crippen LogP contribution >= 0.6 is 0 Å². The number of carbonyl (C=O) groups excluding carboxylic acids is 1. The fraction of sp³-hybridized carbons (Fsp3) is 0.529. The average Bonchev–Trinajstić information content (AvgIpc) is 2.84. The summed E-state index contributed by atoms with van der Waals surface area (Å²) in [5.74, 6) is 0.499. The van der Waals surface area contributed by atoms with E-state index in [0.29, 0.717) is 5.78 Å². The van der Waals surface area contributed by atoms with Crippen molar-refractivity contribution in [2.24, 2.45) is 10.8 Å². The third-order valence-corrected chi connectivity index (χ3v) is 5.25. The Balaban J connectivity index is 1.63. The first-order valence-electron chi connectivity index (χ1n) is 7.54. The summed E-state index contributed by atoms with van der Waals surface area (Å²) in [7, 11) is 0. The van der Waals surface area contributed by atoms with Crippen molar-refractivity contribution in [2.75, 3.05) is 0 Å². The van der Waals surface area contributed by atoms with Gasteiger partial charge < -0.3 is 4.57 Å². The van der Waals surface area contributed by atoms with E-state index >= 15 is 0 Å². The molecule has 0 amide bonds. The van der Waals surface area contributed by atoms with Gasteiger partial charge in [0.2, 0.25) is 0 Å². The molecule has 0 saturated heterocycles. The minimum atomic E-state index is 0.0589. The number of carbonyl (C=O) groups is 1. The summed E-state index contributed by atoms with van der Waals surface area (Å²) >= 11 is 0. The van der Waals surface area contributed by atoms with E-state index in [2.05, 4.69) is 34.7 Å². The minimum absolute atomic E-state index is 0.0589. The van der Waals surface area contributed by atoms with Crippen LogP contribution in [0.2, 0.25) is 0 Å². The standard InChI is InChI=1S/C17H20N2O/c1-16(7-4-8-17(10-16)9-15(17)20)11-19-12-18-13-5-2-3-6-14(13)19/h2-3,5-6,12H,4,7-11H2,1H3/t16-,17+/m0/s1. The molecule has 0 bridgehead atoms. The number of benzene rings is 1. The van der Waals surface area contributed by atoms with Gasteiger partial charge in [-0.25, -0.2) is 4.98 Å². The van der Waals surface area contributed by atoms with Crippen LogP contribution in [-0.4, -0.2) is 15.3 Å². The Kier molecular flexibility index (Phi) is 2.39. The van der Waals surface area contributed by atoms with Gasteiger partial charge in [-0.05, 0) is 36.8 Å². The van der Waals surface area contributed by atoms with Gasteiger partial charge >= 0.3 is 0 Å². The highest BCUT2D eigenvalue weighted by Crippen LogP contribution is 2.58. The normalized spacial score (nSPS) is 33.0. The zero-order valence-corrected chi connectivity index (χ0v) is 11.9. The van der Waals surface area contributed by atoms with Crippen LogP contribution in [-0.2, 0) is 11.3 Å². The molecule has 20 heavy (non-hydrogen) atoms. The Morgan fingerprint density at radius 1 is 1.30 bits per heavy atom. The topological polar surface area (TPSA) is 34.9 Å². The molecule has 0 unspecified atom stereocenters. The Labute approximate surface area is 119 Å². The van der Waals surface area contributed by atoms with Crippen LogP contribution in [0.4, 0.5) is 0 Å². The van der Waals surface area contributed by atoms with Crippen LogP contribution in [0.3, 0.4) is 0 Å². The van der Waals surface area contributed by atoms with Crippen LogP contribution in [0.1, 0.15) is 39.0 Å². The van der Waals surface area contributed by atoms with Crippen molar-refractivity contribution < 1.29 is 4.79 Å². The van der Waals surface area contributed by atoms with E-state index in [0.717, 1.165) is 31.3 Å². The van der Waals surface area contributed by atoms with Gasteiger partial charge in [-0.3, -0.25) is 4.79 Å². The van der Waals surface area contributed by atoms with E-state index in [9.17, 15) is 4.79 Å². The number of nitrogens with zero attached hydrogens (tertiary/aromatic N) is 2. The van der Waals surface area contributed by atoms with Gasteiger partial charge in [-0.15, -0.1) is 0 Å². The maximum Gasteiger partial charge on any atom is 0.140 e. The molecule has 1 aromatic heterocycles. The van der Waals surface area contributed by atoms with Gasteiger partial charge in [0.25, 0.3) is 0 Å². The molecule has 1 spiro atoms. The molecule has 2 atom stereocenters. The van der Waals surface area contributed by atoms with Crippen molar-refractivity contribution in [1.29, 1.82) is 0 Å². The van der Waals surface area contributed by atoms with Crippen molar-refractivity contribution in [3.63, 3.8) is 0 Å². The highest BCUT2D eigenvalue weighted by atomic mass is 16.1. The molecule has 2 fully saturated rings. The molecular weight excluding hydrogens is 248 g/mol. The van der Waals surface area contributed by atoms with E-state index in [1.165, 1.54) is 18.4 Å². The number of Topliss-reactive ketones (excluding diaryl/α,β-unsaturated/α-hetero) is 1. The lowest BCUT2D eigenvalue weighted by Crippen LogP contribution is -2.31. The summed E-state index contributed by atoms with van der Waals surface area (Å²) in [6.45, 7) is 3.32. The smallest absolute Gasteiger partial charge is 0.140 e. The number of ketones is 1. The number of aromatic nitrogens is 2. The molecule has 4 rings (SSSR count). The molecule has 2 aliphatic rings. The second-order valence-electron chi connectivity index (χ2n) is 7.08. The highest BCUT2D eigenvalue weighted by Gasteiger charge is 2.57. The molecule has 3 nitrogen and oxygen atoms in total. The van der Waals surface area contributed by atoms with E-state index < -0.39 is 0 Å². The first-order valence-corrected chi connectivity index (χ1v) is 7.54. The second-order valence-corrected chi connectivity index (χ2v) is 7.08. The fourth-order valence-corrected chi connectivity index (χ4v) is 4.18. The molecule has 104 valence electrons. The van der Waals surface area contributed by atoms with Gasteiger partial charge in [-0.2, -0.15) is 0 Å². The zero-order valence-electron chi connectivity index (χ0n) is 11.9. The Morgan fingerprint density at radius 2 is 2.10 bits per heavy atom. The monoisotopic (exact) mass is 268 g/mol. The first-order chi connectivity index (χ1) is 9.60. The Bertz CT molecular complexity index is 689. The molecule has 1 aromatic carbocycles. The third-order valence-electron chi connectivity index (χ3n) is 5.25. The van der Waals surface area contributed by atoms with E-state index in [1.54, 1.807) is 0 Å². The van der Waals surface area contributed by atoms with Crippen molar-refractivity contribution >= 4 is 16.8 Å². The van der Waals surface area contributed by atoms with Gasteiger partial charge in [-0.1, -0.05) is 25.5 Å². The van der Waals surface area contributed by atoms with E-state index in [-0.39, 0.29) is 10.8 Å². The zero-order chi connectivity index (χ0) is 13.8. The minimum Gasteiger partial charge on any atom is -0.330 e. The van der Waals surface area contributed by atoms with Crippen molar-refractivity contribution in [1.82, 2.24) is 9.55 Å². The van der Waals surface area contributed by atoms with Gasteiger partial charge in [0, 0.05) is 18.4 Å². The van der Waals surface area contributed by atoms with Gasteiger partial charge in [0.15, 0.2) is 0 Å². The number of imidazole rings is 1. The number of fused-ring (bicyclic) bond motifs is 1. The summed E-state index contributed by atoms with van der Waals surface area (Å²) < 4.78 is 2.27. The van der Waals surface area contributed by atoms with Crippen molar-refractivity contribution in [3.05, 3.63) is 30.6 Å². The molecule has 2 saturated carbocycles. The average molecular weight is 268 g/mol. The number of hydrogen-bond donors (Lipinski definition) is 0. The summed E-state index contributed by atoms with van der Waals surface area (Å²) in [5.41, 5.74) is 2.55. The Morgan fingerprint density at radius 3 is 2.90 bits per heavy atom. The molecule has 2 aromatic rings. The summed E-state index contributed by atoms with van der Waals surface area (Å²) in [4.78, 5) is 16.2. The van der Waals surface area contributed by atoms with Crippen molar-refractivity contribution in [3.8, 4) is 0 Å². The first kappa shape index (κ1) is 12.1. The van der Waals surface area contributed by atoms with Crippen molar-refractivity contribution in [2.45, 2.75) is 45.6 Å². The van der Waals surface area contributed by atoms with Crippen LogP contribution in [0.15, 0.2) is 30.6 Å². The van der Waals surface area contributed by atoms with Crippen LogP contribution in [0.25, 0.3) is 11.0 Å². The molecule has 1 heterocycles. The molecule has 0 radical (unpaired) electrons. The molecule has 0 aliphatic heterocycles. The number of hydrogen-bond acceptors (Lipinski definition) is 2. The highest BCUT2D eigenvalue weighted by molar-refractivity contribution is 6.00. The van der Waals surface area contributed by atoms with Gasteiger partial charge in [0.1, 0.15) is 5.78 Å². The largest absolute Gasteiger partial charge is 0.330 e. The van der Waals surface area contributed by atoms with Crippen LogP contribution in [0, 0.1) is 10.8 Å². The Hall–Kier alpha value is -1.64. The maximum absolute atomic E-state index is 11.7. The summed E-state index contributed by atoms with van der Waals surface area (Å²) in [6, 6.07) is 8.28. The third kappa shape index (κ3) is 1.80. The summed E-state index contributed by atoms with van der Waals surface area (Å²) in [5, 5.41) is 0. The summed E-state index contributed by atoms with van der Waals surface area (Å²) in [6.07, 6.45) is 7.36. The van der Waals surface area contributed by atoms with E-state index in [1.807, 2.05) is 12.4 Å². The molecule has 0 N–H and O–H groups in total. The van der Waals surface area contributed by atoms with E-state index in [4.69, 9.17) is 0 Å². The number of para-hydroxylation sites is 2. The lowest BCUT2D eigenvalue weighted by atomic mass is 9.69. The second kappa shape index (κ2) is 3.94. The lowest BCUT2D eigenvalue weighted by Gasteiger charge is -2.38. The van der Waals surface area contributed by atoms with Gasteiger partial charge in [0.05, 0.1) is 17.4 Å². The lowest BCUT2D eigenvalue weighted by molar-refractivity contribution is -0.114. The SMILES string of the molecule is C[C@]1(Cn2cnc3ccccc32)CCC[C@@]2(CC2=O)C1. The molecular formula is C17H20N2O. The quantitative estimate of drug-likeness (QED) is 0.834. The number of rotatable bonds is 2. The predicted molar refractivity (Wildman–Crippen MR) is 78.4 cm³/mol.